The van der Waals surface area contributed by atoms with Crippen molar-refractivity contribution in [3.63, 3.8) is 0 Å². The van der Waals surface area contributed by atoms with E-state index in [0.717, 1.165) is 5.56 Å². The Labute approximate surface area is 121 Å². The van der Waals surface area contributed by atoms with Crippen molar-refractivity contribution < 1.29 is 5.11 Å². The summed E-state index contributed by atoms with van der Waals surface area (Å²) >= 11 is 0. The molecule has 1 N–H and O–H groups in total. The maximum atomic E-state index is 12.3. The monoisotopic (exact) mass is 281 g/mol. The van der Waals surface area contributed by atoms with Gasteiger partial charge in [-0.3, -0.25) is 4.79 Å². The molecule has 0 saturated carbocycles. The molecule has 0 radical (unpaired) electrons. The highest BCUT2D eigenvalue weighted by atomic mass is 16.3. The summed E-state index contributed by atoms with van der Waals surface area (Å²) in [5.41, 5.74) is 1.24. The summed E-state index contributed by atoms with van der Waals surface area (Å²) in [6.07, 6.45) is -0.205. The third kappa shape index (κ3) is 2.83. The number of fused-ring (bicyclic) bond motifs is 1. The van der Waals surface area contributed by atoms with Crippen molar-refractivity contribution in [3.05, 3.63) is 70.5 Å². The highest BCUT2D eigenvalue weighted by molar-refractivity contribution is 5.76. The Balaban J connectivity index is 1.80. The van der Waals surface area contributed by atoms with E-state index in [9.17, 15) is 9.90 Å². The van der Waals surface area contributed by atoms with E-state index >= 15 is 0 Å². The fourth-order valence-electron chi connectivity index (χ4n) is 2.26. The van der Waals surface area contributed by atoms with Crippen molar-refractivity contribution in [1.29, 1.82) is 0 Å². The molecular weight excluding hydrogens is 266 g/mol. The summed E-state index contributed by atoms with van der Waals surface area (Å²) in [5.74, 6) is 0. The van der Waals surface area contributed by atoms with Gasteiger partial charge in [-0.25, -0.2) is 4.68 Å². The zero-order chi connectivity index (χ0) is 14.7. The molecule has 0 aliphatic rings. The quantitative estimate of drug-likeness (QED) is 0.793. The van der Waals surface area contributed by atoms with Crippen LogP contribution in [-0.4, -0.2) is 20.1 Å². The number of rotatable bonds is 4. The minimum atomic E-state index is -0.619. The van der Waals surface area contributed by atoms with Crippen LogP contribution in [0.4, 0.5) is 0 Å². The molecule has 0 bridgehead atoms. The van der Waals surface area contributed by atoms with Gasteiger partial charge in [-0.1, -0.05) is 47.7 Å². The predicted octanol–water partition coefficient (Wildman–Crippen LogP) is 1.92. The van der Waals surface area contributed by atoms with E-state index in [-0.39, 0.29) is 5.56 Å². The number of aliphatic hydroxyl groups excluding tert-OH is 1. The molecule has 1 atom stereocenters. The van der Waals surface area contributed by atoms with Crippen LogP contribution in [0.15, 0.2) is 59.4 Å². The van der Waals surface area contributed by atoms with Gasteiger partial charge in [-0.2, -0.15) is 0 Å². The van der Waals surface area contributed by atoms with Crippen LogP contribution in [0.5, 0.6) is 0 Å². The van der Waals surface area contributed by atoms with E-state index in [1.165, 1.54) is 4.68 Å². The van der Waals surface area contributed by atoms with E-state index in [1.54, 1.807) is 18.2 Å². The maximum Gasteiger partial charge on any atom is 0.277 e. The van der Waals surface area contributed by atoms with Gasteiger partial charge in [0.25, 0.3) is 5.56 Å². The first kappa shape index (κ1) is 13.5. The Hall–Kier alpha value is -2.53. The third-order valence-electron chi connectivity index (χ3n) is 3.43. The zero-order valence-corrected chi connectivity index (χ0v) is 11.4. The molecule has 0 amide bonds. The number of aromatic nitrogens is 3. The molecule has 0 aliphatic heterocycles. The number of aliphatic hydroxyl groups is 1. The summed E-state index contributed by atoms with van der Waals surface area (Å²) in [6.45, 7) is 0.326. The highest BCUT2D eigenvalue weighted by Crippen LogP contribution is 2.16. The van der Waals surface area contributed by atoms with Gasteiger partial charge in [-0.15, -0.1) is 5.10 Å². The lowest BCUT2D eigenvalue weighted by Crippen LogP contribution is -2.25. The first-order chi connectivity index (χ1) is 10.3. The summed E-state index contributed by atoms with van der Waals surface area (Å²) in [5, 5.41) is 18.6. The topological polar surface area (TPSA) is 68.0 Å². The largest absolute Gasteiger partial charge is 0.388 e. The highest BCUT2D eigenvalue weighted by Gasteiger charge is 2.10. The Morgan fingerprint density at radius 1 is 1.05 bits per heavy atom. The van der Waals surface area contributed by atoms with Crippen LogP contribution in [-0.2, 0) is 6.54 Å². The van der Waals surface area contributed by atoms with Gasteiger partial charge < -0.3 is 5.11 Å². The number of aryl methyl sites for hydroxylation is 1. The van der Waals surface area contributed by atoms with Crippen LogP contribution in [0.1, 0.15) is 18.1 Å². The first-order valence-corrected chi connectivity index (χ1v) is 6.81. The fourth-order valence-corrected chi connectivity index (χ4v) is 2.26. The molecular formula is C16H15N3O2. The lowest BCUT2D eigenvalue weighted by Gasteiger charge is -2.11. The van der Waals surface area contributed by atoms with Gasteiger partial charge in [-0.05, 0) is 24.1 Å². The van der Waals surface area contributed by atoms with E-state index in [0.29, 0.717) is 23.9 Å². The summed E-state index contributed by atoms with van der Waals surface area (Å²) < 4.78 is 1.30. The maximum absolute atomic E-state index is 12.3. The van der Waals surface area contributed by atoms with Gasteiger partial charge in [0.1, 0.15) is 5.52 Å². The van der Waals surface area contributed by atoms with E-state index < -0.39 is 6.10 Å². The molecule has 106 valence electrons. The Kier molecular flexibility index (Phi) is 3.75. The molecule has 21 heavy (non-hydrogen) atoms. The van der Waals surface area contributed by atoms with Crippen LogP contribution in [0, 0.1) is 0 Å². The van der Waals surface area contributed by atoms with Crippen molar-refractivity contribution in [2.75, 3.05) is 0 Å². The molecule has 1 aromatic heterocycles. The zero-order valence-electron chi connectivity index (χ0n) is 11.4. The second-order valence-electron chi connectivity index (χ2n) is 4.85. The van der Waals surface area contributed by atoms with Crippen molar-refractivity contribution in [2.45, 2.75) is 19.1 Å². The van der Waals surface area contributed by atoms with Crippen LogP contribution in [0.25, 0.3) is 10.9 Å². The number of hydrogen-bond donors (Lipinski definition) is 1. The Morgan fingerprint density at radius 3 is 2.57 bits per heavy atom. The van der Waals surface area contributed by atoms with Gasteiger partial charge in [0.15, 0.2) is 0 Å². The van der Waals surface area contributed by atoms with Crippen molar-refractivity contribution >= 4 is 10.9 Å². The van der Waals surface area contributed by atoms with Crippen LogP contribution >= 0.6 is 0 Å². The SMILES string of the molecule is O=c1c2ccccc2nnn1CCC(O)c1ccccc1. The minimum Gasteiger partial charge on any atom is -0.388 e. The average Bonchev–Trinajstić information content (AvgIpc) is 2.55. The Morgan fingerprint density at radius 2 is 1.76 bits per heavy atom. The van der Waals surface area contributed by atoms with E-state index in [1.807, 2.05) is 36.4 Å². The fraction of sp³-hybridized carbons (Fsp3) is 0.188. The van der Waals surface area contributed by atoms with Gasteiger partial charge in [0.05, 0.1) is 11.5 Å². The van der Waals surface area contributed by atoms with Crippen LogP contribution < -0.4 is 5.56 Å². The van der Waals surface area contributed by atoms with Crippen molar-refractivity contribution in [2.24, 2.45) is 0 Å². The van der Waals surface area contributed by atoms with Crippen molar-refractivity contribution in [3.8, 4) is 0 Å². The predicted molar refractivity (Wildman–Crippen MR) is 79.8 cm³/mol. The molecule has 3 aromatic rings. The molecule has 2 aromatic carbocycles. The number of hydrogen-bond acceptors (Lipinski definition) is 4. The molecule has 0 fully saturated rings. The van der Waals surface area contributed by atoms with Crippen molar-refractivity contribution in [1.82, 2.24) is 15.0 Å². The lowest BCUT2D eigenvalue weighted by atomic mass is 10.1. The molecule has 3 rings (SSSR count). The Bertz CT molecular complexity index is 799. The second-order valence-corrected chi connectivity index (χ2v) is 4.85. The molecule has 0 saturated heterocycles. The molecule has 1 heterocycles. The van der Waals surface area contributed by atoms with Crippen LogP contribution in [0.3, 0.4) is 0 Å². The molecule has 0 spiro atoms. The molecule has 5 nitrogen and oxygen atoms in total. The smallest absolute Gasteiger partial charge is 0.277 e. The average molecular weight is 281 g/mol. The van der Waals surface area contributed by atoms with E-state index in [2.05, 4.69) is 10.3 Å². The number of nitrogens with zero attached hydrogens (tertiary/aromatic N) is 3. The van der Waals surface area contributed by atoms with Crippen LogP contribution in [0.2, 0.25) is 0 Å². The summed E-state index contributed by atoms with van der Waals surface area (Å²) in [6, 6.07) is 16.5. The lowest BCUT2D eigenvalue weighted by molar-refractivity contribution is 0.158. The third-order valence-corrected chi connectivity index (χ3v) is 3.43. The van der Waals surface area contributed by atoms with Gasteiger partial charge >= 0.3 is 0 Å². The van der Waals surface area contributed by atoms with E-state index in [4.69, 9.17) is 0 Å². The van der Waals surface area contributed by atoms with Gasteiger partial charge in [0.2, 0.25) is 0 Å². The molecule has 1 unspecified atom stereocenters. The minimum absolute atomic E-state index is 0.180. The van der Waals surface area contributed by atoms with Gasteiger partial charge in [0, 0.05) is 6.54 Å². The normalized spacial score (nSPS) is 12.4. The molecule has 5 heteroatoms. The second kappa shape index (κ2) is 5.85. The summed E-state index contributed by atoms with van der Waals surface area (Å²) in [4.78, 5) is 12.3. The molecule has 0 aliphatic carbocycles. The first-order valence-electron chi connectivity index (χ1n) is 6.81. The summed E-state index contributed by atoms with van der Waals surface area (Å²) in [7, 11) is 0. The standard InChI is InChI=1S/C16H15N3O2/c20-15(12-6-2-1-3-7-12)10-11-19-16(21)13-8-4-5-9-14(13)17-18-19/h1-9,15,20H,10-11H2. The number of benzene rings is 2.